The second-order valence-electron chi connectivity index (χ2n) is 3.84. The zero-order valence-electron chi connectivity index (χ0n) is 10.4. The summed E-state index contributed by atoms with van der Waals surface area (Å²) in [5, 5.41) is 8.64. The zero-order valence-corrected chi connectivity index (χ0v) is 10.4. The van der Waals surface area contributed by atoms with E-state index in [-0.39, 0.29) is 6.42 Å². The van der Waals surface area contributed by atoms with E-state index in [1.165, 1.54) is 0 Å². The third-order valence-corrected chi connectivity index (χ3v) is 2.66. The third-order valence-electron chi connectivity index (χ3n) is 2.66. The number of carboxylic acids is 1. The van der Waals surface area contributed by atoms with Crippen molar-refractivity contribution in [3.8, 4) is 11.5 Å². The van der Waals surface area contributed by atoms with Crippen molar-refractivity contribution in [2.24, 2.45) is 0 Å². The molecule has 0 fully saturated rings. The van der Waals surface area contributed by atoms with Crippen molar-refractivity contribution in [1.82, 2.24) is 0 Å². The van der Waals surface area contributed by atoms with Crippen LogP contribution in [0.3, 0.4) is 0 Å². The van der Waals surface area contributed by atoms with Gasteiger partial charge in [-0.1, -0.05) is 6.07 Å². The fraction of sp³-hybridized carbons (Fsp3) is 0.462. The second-order valence-corrected chi connectivity index (χ2v) is 3.84. The summed E-state index contributed by atoms with van der Waals surface area (Å²) in [5.41, 5.74) is 1.97. The number of rotatable bonds is 6. The Hall–Kier alpha value is -1.71. The molecule has 0 aliphatic rings. The molecule has 94 valence electrons. The normalized spacial score (nSPS) is 10.1. The molecular weight excluding hydrogens is 220 g/mol. The molecule has 0 aliphatic carbocycles. The molecule has 1 N–H and O–H groups in total. The Morgan fingerprint density at radius 3 is 2.53 bits per heavy atom. The predicted octanol–water partition coefficient (Wildman–Crippen LogP) is 2.42. The molecule has 0 saturated carbocycles. The van der Waals surface area contributed by atoms with Gasteiger partial charge in [0.1, 0.15) is 11.5 Å². The van der Waals surface area contributed by atoms with E-state index in [0.717, 1.165) is 22.6 Å². The van der Waals surface area contributed by atoms with Gasteiger partial charge in [-0.2, -0.15) is 0 Å². The lowest BCUT2D eigenvalue weighted by Crippen LogP contribution is -2.01. The molecule has 1 aromatic rings. The molecule has 0 spiro atoms. The van der Waals surface area contributed by atoms with Crippen LogP contribution < -0.4 is 9.47 Å². The molecule has 17 heavy (non-hydrogen) atoms. The van der Waals surface area contributed by atoms with Gasteiger partial charge in [0.25, 0.3) is 0 Å². The molecule has 0 unspecified atom stereocenters. The van der Waals surface area contributed by atoms with Gasteiger partial charge in [-0.15, -0.1) is 0 Å². The van der Waals surface area contributed by atoms with Crippen LogP contribution in [0.15, 0.2) is 12.1 Å². The van der Waals surface area contributed by atoms with Crippen LogP contribution in [-0.2, 0) is 11.2 Å². The fourth-order valence-corrected chi connectivity index (χ4v) is 1.86. The summed E-state index contributed by atoms with van der Waals surface area (Å²) >= 11 is 0. The van der Waals surface area contributed by atoms with Crippen LogP contribution in [0.2, 0.25) is 0 Å². The number of methoxy groups -OCH3 is 2. The lowest BCUT2D eigenvalue weighted by atomic mass is 10.0. The first-order chi connectivity index (χ1) is 8.10. The standard InChI is InChI=1S/C13H18O4/c1-9-7-8-11(16-2)10(13(9)17-3)5-4-6-12(14)15/h7-8H,4-6H2,1-3H3,(H,14,15). The average molecular weight is 238 g/mol. The van der Waals surface area contributed by atoms with E-state index in [2.05, 4.69) is 0 Å². The van der Waals surface area contributed by atoms with Crippen molar-refractivity contribution >= 4 is 5.97 Å². The summed E-state index contributed by atoms with van der Waals surface area (Å²) in [6.45, 7) is 1.96. The molecule has 0 atom stereocenters. The lowest BCUT2D eigenvalue weighted by Gasteiger charge is -2.15. The first kappa shape index (κ1) is 13.4. The number of hydrogen-bond donors (Lipinski definition) is 1. The Kier molecular flexibility index (Phi) is 4.82. The second kappa shape index (κ2) is 6.13. The SMILES string of the molecule is COc1ccc(C)c(OC)c1CCCC(=O)O. The number of aliphatic carboxylic acids is 1. The van der Waals surface area contributed by atoms with Gasteiger partial charge < -0.3 is 14.6 Å². The van der Waals surface area contributed by atoms with Crippen molar-refractivity contribution in [1.29, 1.82) is 0 Å². The smallest absolute Gasteiger partial charge is 0.303 e. The van der Waals surface area contributed by atoms with Crippen molar-refractivity contribution in [3.63, 3.8) is 0 Å². The number of ether oxygens (including phenoxy) is 2. The number of benzene rings is 1. The van der Waals surface area contributed by atoms with Crippen molar-refractivity contribution in [2.75, 3.05) is 14.2 Å². The monoisotopic (exact) mass is 238 g/mol. The summed E-state index contributed by atoms with van der Waals surface area (Å²) in [6.07, 6.45) is 1.37. The Labute approximate surface area is 101 Å². The van der Waals surface area contributed by atoms with Crippen LogP contribution in [-0.4, -0.2) is 25.3 Å². The van der Waals surface area contributed by atoms with Crippen LogP contribution in [0.25, 0.3) is 0 Å². The minimum absolute atomic E-state index is 0.153. The van der Waals surface area contributed by atoms with Crippen LogP contribution in [0.5, 0.6) is 11.5 Å². The van der Waals surface area contributed by atoms with Crippen LogP contribution >= 0.6 is 0 Å². The molecule has 0 saturated heterocycles. The number of aryl methyl sites for hydroxylation is 1. The molecule has 4 heteroatoms. The van der Waals surface area contributed by atoms with Gasteiger partial charge in [0, 0.05) is 12.0 Å². The largest absolute Gasteiger partial charge is 0.496 e. The first-order valence-electron chi connectivity index (χ1n) is 5.52. The molecule has 0 heterocycles. The Morgan fingerprint density at radius 1 is 1.29 bits per heavy atom. The fourth-order valence-electron chi connectivity index (χ4n) is 1.86. The van der Waals surface area contributed by atoms with Crippen LogP contribution in [0.4, 0.5) is 0 Å². The lowest BCUT2D eigenvalue weighted by molar-refractivity contribution is -0.137. The van der Waals surface area contributed by atoms with Crippen LogP contribution in [0, 0.1) is 6.92 Å². The number of carbonyl (C=O) groups is 1. The van der Waals surface area contributed by atoms with Crippen molar-refractivity contribution < 1.29 is 19.4 Å². The molecule has 0 radical (unpaired) electrons. The molecule has 0 aliphatic heterocycles. The van der Waals surface area contributed by atoms with Gasteiger partial charge in [0.15, 0.2) is 0 Å². The van der Waals surface area contributed by atoms with Gasteiger partial charge in [-0.25, -0.2) is 0 Å². The van der Waals surface area contributed by atoms with Crippen molar-refractivity contribution in [3.05, 3.63) is 23.3 Å². The van der Waals surface area contributed by atoms with Crippen LogP contribution in [0.1, 0.15) is 24.0 Å². The molecule has 0 amide bonds. The predicted molar refractivity (Wildman–Crippen MR) is 64.9 cm³/mol. The van der Waals surface area contributed by atoms with Gasteiger partial charge >= 0.3 is 5.97 Å². The van der Waals surface area contributed by atoms with E-state index in [0.29, 0.717) is 12.8 Å². The Balaban J connectivity index is 2.93. The first-order valence-corrected chi connectivity index (χ1v) is 5.52. The topological polar surface area (TPSA) is 55.8 Å². The summed E-state index contributed by atoms with van der Waals surface area (Å²) in [6, 6.07) is 3.81. The molecule has 0 bridgehead atoms. The maximum Gasteiger partial charge on any atom is 0.303 e. The highest BCUT2D eigenvalue weighted by molar-refractivity contribution is 5.66. The van der Waals surface area contributed by atoms with E-state index in [1.807, 2.05) is 19.1 Å². The summed E-state index contributed by atoms with van der Waals surface area (Å²) in [4.78, 5) is 10.5. The van der Waals surface area contributed by atoms with Gasteiger partial charge in [-0.05, 0) is 31.4 Å². The molecule has 4 nitrogen and oxygen atoms in total. The average Bonchev–Trinajstić information content (AvgIpc) is 2.29. The molecule has 1 rings (SSSR count). The highest BCUT2D eigenvalue weighted by atomic mass is 16.5. The van der Waals surface area contributed by atoms with E-state index >= 15 is 0 Å². The summed E-state index contributed by atoms with van der Waals surface area (Å²) in [5.74, 6) is 0.753. The molecular formula is C13H18O4. The maximum absolute atomic E-state index is 10.5. The van der Waals surface area contributed by atoms with Gasteiger partial charge in [0.05, 0.1) is 14.2 Å². The highest BCUT2D eigenvalue weighted by Crippen LogP contribution is 2.32. The summed E-state index contributed by atoms with van der Waals surface area (Å²) < 4.78 is 10.6. The van der Waals surface area contributed by atoms with E-state index in [9.17, 15) is 4.79 Å². The third kappa shape index (κ3) is 3.37. The number of hydrogen-bond acceptors (Lipinski definition) is 3. The van der Waals surface area contributed by atoms with Gasteiger partial charge in [-0.3, -0.25) is 4.79 Å². The minimum Gasteiger partial charge on any atom is -0.496 e. The molecule has 1 aromatic carbocycles. The molecule has 0 aromatic heterocycles. The Bertz CT molecular complexity index is 399. The summed E-state index contributed by atoms with van der Waals surface area (Å²) in [7, 11) is 3.22. The minimum atomic E-state index is -0.782. The maximum atomic E-state index is 10.5. The highest BCUT2D eigenvalue weighted by Gasteiger charge is 2.12. The number of carboxylic acid groups (broad SMARTS) is 1. The van der Waals surface area contributed by atoms with Crippen molar-refractivity contribution in [2.45, 2.75) is 26.2 Å². The van der Waals surface area contributed by atoms with E-state index < -0.39 is 5.97 Å². The van der Waals surface area contributed by atoms with Gasteiger partial charge in [0.2, 0.25) is 0 Å². The van der Waals surface area contributed by atoms with E-state index in [4.69, 9.17) is 14.6 Å². The quantitative estimate of drug-likeness (QED) is 0.827. The zero-order chi connectivity index (χ0) is 12.8. The van der Waals surface area contributed by atoms with E-state index in [1.54, 1.807) is 14.2 Å². The Morgan fingerprint density at radius 2 is 2.00 bits per heavy atom.